The fraction of sp³-hybridized carbons (Fsp3) is 0.800. The highest BCUT2D eigenvalue weighted by Gasteiger charge is 2.21. The maximum Gasteiger partial charge on any atom is 0.0627 e. The molecule has 2 N–H and O–H groups in total. The van der Waals surface area contributed by atoms with Crippen LogP contribution in [0.1, 0.15) is 63.1 Å². The van der Waals surface area contributed by atoms with Crippen LogP contribution in [0, 0.1) is 5.92 Å². The summed E-state index contributed by atoms with van der Waals surface area (Å²) < 4.78 is 2.21. The summed E-state index contributed by atoms with van der Waals surface area (Å²) in [4.78, 5) is 0. The lowest BCUT2D eigenvalue weighted by molar-refractivity contribution is 0.317. The van der Waals surface area contributed by atoms with Crippen LogP contribution in [-0.2, 0) is 6.42 Å². The molecule has 2 saturated carbocycles. The summed E-state index contributed by atoms with van der Waals surface area (Å²) in [5.74, 6) is 0.765. The number of aromatic nitrogens is 2. The molecule has 1 aromatic rings. The van der Waals surface area contributed by atoms with Gasteiger partial charge in [-0.15, -0.1) is 0 Å². The summed E-state index contributed by atoms with van der Waals surface area (Å²) in [5.41, 5.74) is 7.34. The first-order chi connectivity index (χ1) is 8.81. The lowest BCUT2D eigenvalue weighted by Gasteiger charge is -2.25. The van der Waals surface area contributed by atoms with E-state index in [9.17, 15) is 0 Å². The fourth-order valence-electron chi connectivity index (χ4n) is 3.67. The van der Waals surface area contributed by atoms with Crippen molar-refractivity contribution in [3.8, 4) is 0 Å². The van der Waals surface area contributed by atoms with Crippen molar-refractivity contribution in [2.24, 2.45) is 11.7 Å². The summed E-state index contributed by atoms with van der Waals surface area (Å²) in [6, 6.07) is 3.33. The first kappa shape index (κ1) is 12.2. The van der Waals surface area contributed by atoms with E-state index in [0.29, 0.717) is 12.1 Å². The zero-order valence-electron chi connectivity index (χ0n) is 11.2. The smallest absolute Gasteiger partial charge is 0.0627 e. The van der Waals surface area contributed by atoms with Gasteiger partial charge in [-0.2, -0.15) is 5.10 Å². The first-order valence-electron chi connectivity index (χ1n) is 7.61. The molecule has 0 aromatic carbocycles. The van der Waals surface area contributed by atoms with Gasteiger partial charge >= 0.3 is 0 Å². The van der Waals surface area contributed by atoms with Gasteiger partial charge in [-0.05, 0) is 50.5 Å². The van der Waals surface area contributed by atoms with Crippen molar-refractivity contribution in [3.63, 3.8) is 0 Å². The Morgan fingerprint density at radius 3 is 2.78 bits per heavy atom. The Kier molecular flexibility index (Phi) is 3.69. The second kappa shape index (κ2) is 5.43. The molecular weight excluding hydrogens is 222 g/mol. The molecule has 2 aliphatic carbocycles. The van der Waals surface area contributed by atoms with Gasteiger partial charge < -0.3 is 5.73 Å². The zero-order valence-corrected chi connectivity index (χ0v) is 11.2. The van der Waals surface area contributed by atoms with Crippen LogP contribution >= 0.6 is 0 Å². The van der Waals surface area contributed by atoms with Crippen LogP contribution < -0.4 is 5.73 Å². The molecule has 0 saturated heterocycles. The van der Waals surface area contributed by atoms with Crippen molar-refractivity contribution in [2.75, 3.05) is 0 Å². The predicted molar refractivity (Wildman–Crippen MR) is 73.4 cm³/mol. The molecule has 2 atom stereocenters. The standard InChI is InChI=1S/C15H25N3/c16-13-5-3-4-12(10-13)11-14-8-9-18(17-14)15-6-1-2-7-15/h8-9,12-13,15H,1-7,10-11,16H2. The molecule has 100 valence electrons. The molecule has 2 unspecified atom stereocenters. The van der Waals surface area contributed by atoms with Crippen LogP contribution in [0.3, 0.4) is 0 Å². The Morgan fingerprint density at radius 2 is 2.00 bits per heavy atom. The highest BCUT2D eigenvalue weighted by molar-refractivity contribution is 5.02. The molecule has 3 nitrogen and oxygen atoms in total. The van der Waals surface area contributed by atoms with Crippen molar-refractivity contribution < 1.29 is 0 Å². The molecule has 1 heterocycles. The van der Waals surface area contributed by atoms with Gasteiger partial charge in [0.2, 0.25) is 0 Å². The maximum absolute atomic E-state index is 6.06. The van der Waals surface area contributed by atoms with Gasteiger partial charge in [0.1, 0.15) is 0 Å². The second-order valence-corrected chi connectivity index (χ2v) is 6.22. The Labute approximate surface area is 110 Å². The Morgan fingerprint density at radius 1 is 1.17 bits per heavy atom. The minimum absolute atomic E-state index is 0.431. The third-order valence-corrected chi connectivity index (χ3v) is 4.68. The topological polar surface area (TPSA) is 43.8 Å². The van der Waals surface area contributed by atoms with Crippen LogP contribution in [0.5, 0.6) is 0 Å². The van der Waals surface area contributed by atoms with Gasteiger partial charge in [-0.1, -0.05) is 19.3 Å². The SMILES string of the molecule is NC1CCCC(Cc2ccn(C3CCCC3)n2)C1. The van der Waals surface area contributed by atoms with E-state index in [1.54, 1.807) is 0 Å². The van der Waals surface area contributed by atoms with E-state index in [-0.39, 0.29) is 0 Å². The predicted octanol–water partition coefficient (Wildman–Crippen LogP) is 3.06. The average molecular weight is 247 g/mol. The van der Waals surface area contributed by atoms with Crippen LogP contribution in [0.15, 0.2) is 12.3 Å². The summed E-state index contributed by atoms with van der Waals surface area (Å²) in [5, 5.41) is 4.79. The first-order valence-corrected chi connectivity index (χ1v) is 7.61. The molecule has 0 aliphatic heterocycles. The Balaban J connectivity index is 1.59. The third-order valence-electron chi connectivity index (χ3n) is 4.68. The van der Waals surface area contributed by atoms with E-state index < -0.39 is 0 Å². The van der Waals surface area contributed by atoms with Crippen LogP contribution in [-0.4, -0.2) is 15.8 Å². The van der Waals surface area contributed by atoms with Gasteiger partial charge in [-0.25, -0.2) is 0 Å². The second-order valence-electron chi connectivity index (χ2n) is 6.22. The summed E-state index contributed by atoms with van der Waals surface area (Å²) in [6.07, 6.45) is 13.7. The molecule has 3 rings (SSSR count). The normalized spacial score (nSPS) is 29.8. The molecule has 2 fully saturated rings. The number of rotatable bonds is 3. The van der Waals surface area contributed by atoms with E-state index >= 15 is 0 Å². The van der Waals surface area contributed by atoms with Gasteiger partial charge in [0.25, 0.3) is 0 Å². The monoisotopic (exact) mass is 247 g/mol. The molecule has 3 heteroatoms. The molecule has 0 amide bonds. The number of nitrogens with zero attached hydrogens (tertiary/aromatic N) is 2. The van der Waals surface area contributed by atoms with Gasteiger partial charge in [-0.3, -0.25) is 4.68 Å². The maximum atomic E-state index is 6.06. The average Bonchev–Trinajstić information content (AvgIpc) is 2.98. The highest BCUT2D eigenvalue weighted by Crippen LogP contribution is 2.30. The number of hydrogen-bond donors (Lipinski definition) is 1. The molecule has 1 aromatic heterocycles. The van der Waals surface area contributed by atoms with E-state index in [1.807, 2.05) is 0 Å². The van der Waals surface area contributed by atoms with Crippen molar-refractivity contribution in [1.82, 2.24) is 9.78 Å². The Bertz CT molecular complexity index is 379. The van der Waals surface area contributed by atoms with E-state index in [1.165, 1.54) is 57.1 Å². The van der Waals surface area contributed by atoms with E-state index in [0.717, 1.165) is 12.3 Å². The summed E-state index contributed by atoms with van der Waals surface area (Å²) in [7, 11) is 0. The van der Waals surface area contributed by atoms with E-state index in [2.05, 4.69) is 16.9 Å². The Hall–Kier alpha value is -0.830. The molecule has 0 radical (unpaired) electrons. The lowest BCUT2D eigenvalue weighted by atomic mass is 9.83. The molecular formula is C15H25N3. The van der Waals surface area contributed by atoms with Gasteiger partial charge in [0.15, 0.2) is 0 Å². The molecule has 0 spiro atoms. The van der Waals surface area contributed by atoms with Crippen LogP contribution in [0.4, 0.5) is 0 Å². The van der Waals surface area contributed by atoms with Crippen LogP contribution in [0.25, 0.3) is 0 Å². The van der Waals surface area contributed by atoms with Gasteiger partial charge in [0, 0.05) is 12.2 Å². The molecule has 2 aliphatic rings. The van der Waals surface area contributed by atoms with Crippen molar-refractivity contribution in [2.45, 2.75) is 69.9 Å². The minimum atomic E-state index is 0.431. The summed E-state index contributed by atoms with van der Waals surface area (Å²) >= 11 is 0. The lowest BCUT2D eigenvalue weighted by Crippen LogP contribution is -2.28. The minimum Gasteiger partial charge on any atom is -0.328 e. The van der Waals surface area contributed by atoms with Crippen LogP contribution in [0.2, 0.25) is 0 Å². The van der Waals surface area contributed by atoms with Gasteiger partial charge in [0.05, 0.1) is 11.7 Å². The molecule has 18 heavy (non-hydrogen) atoms. The van der Waals surface area contributed by atoms with Crippen molar-refractivity contribution in [3.05, 3.63) is 18.0 Å². The number of nitrogens with two attached hydrogens (primary N) is 1. The zero-order chi connectivity index (χ0) is 12.4. The third kappa shape index (κ3) is 2.77. The van der Waals surface area contributed by atoms with Crippen molar-refractivity contribution in [1.29, 1.82) is 0 Å². The highest BCUT2D eigenvalue weighted by atomic mass is 15.3. The quantitative estimate of drug-likeness (QED) is 0.892. The largest absolute Gasteiger partial charge is 0.328 e. The molecule has 0 bridgehead atoms. The van der Waals surface area contributed by atoms with E-state index in [4.69, 9.17) is 10.8 Å². The number of hydrogen-bond acceptors (Lipinski definition) is 2. The summed E-state index contributed by atoms with van der Waals surface area (Å²) in [6.45, 7) is 0. The fourth-order valence-corrected chi connectivity index (χ4v) is 3.67. The van der Waals surface area contributed by atoms with Crippen molar-refractivity contribution >= 4 is 0 Å².